The number of carbonyl (C=O) groups excluding carboxylic acids is 1. The van der Waals surface area contributed by atoms with Gasteiger partial charge in [-0.1, -0.05) is 0 Å². The standard InChI is InChI=1S/C13H19NO6S/c1-9(8-18-2)20-13(15)7-10-6-11(21(14,16)17)4-5-12(10)19-3/h4-6,9H,7-8H2,1-3H3,(H2,14,16,17). The van der Waals surface area contributed by atoms with Crippen LogP contribution in [0.25, 0.3) is 0 Å². The maximum atomic E-state index is 11.8. The molecule has 0 fully saturated rings. The second-order valence-electron chi connectivity index (χ2n) is 4.45. The van der Waals surface area contributed by atoms with Gasteiger partial charge in [0.25, 0.3) is 0 Å². The third kappa shape index (κ3) is 5.33. The van der Waals surface area contributed by atoms with E-state index in [0.29, 0.717) is 11.3 Å². The highest BCUT2D eigenvalue weighted by atomic mass is 32.2. The number of carbonyl (C=O) groups is 1. The van der Waals surface area contributed by atoms with E-state index in [-0.39, 0.29) is 17.9 Å². The van der Waals surface area contributed by atoms with E-state index in [0.717, 1.165) is 0 Å². The number of nitrogens with two attached hydrogens (primary N) is 1. The maximum Gasteiger partial charge on any atom is 0.310 e. The first kappa shape index (κ1) is 17.4. The molecule has 0 amide bonds. The Morgan fingerprint density at radius 1 is 1.33 bits per heavy atom. The molecule has 0 aliphatic carbocycles. The van der Waals surface area contributed by atoms with Crippen LogP contribution in [0.1, 0.15) is 12.5 Å². The summed E-state index contributed by atoms with van der Waals surface area (Å²) in [6.07, 6.45) is -0.518. The molecule has 0 heterocycles. The molecule has 0 aromatic heterocycles. The van der Waals surface area contributed by atoms with E-state index < -0.39 is 22.1 Å². The fourth-order valence-electron chi connectivity index (χ4n) is 1.76. The lowest BCUT2D eigenvalue weighted by Gasteiger charge is -2.13. The van der Waals surface area contributed by atoms with Crippen LogP contribution in [-0.2, 0) is 30.7 Å². The van der Waals surface area contributed by atoms with E-state index in [1.165, 1.54) is 32.4 Å². The Labute approximate surface area is 124 Å². The number of esters is 1. The topological polar surface area (TPSA) is 105 Å². The van der Waals surface area contributed by atoms with Crippen LogP contribution in [-0.4, -0.2) is 41.3 Å². The minimum Gasteiger partial charge on any atom is -0.496 e. The van der Waals surface area contributed by atoms with Gasteiger partial charge in [0.05, 0.1) is 25.0 Å². The van der Waals surface area contributed by atoms with E-state index in [1.54, 1.807) is 6.92 Å². The molecule has 0 aliphatic heterocycles. The van der Waals surface area contributed by atoms with Gasteiger partial charge in [0.2, 0.25) is 10.0 Å². The number of primary sulfonamides is 1. The smallest absolute Gasteiger partial charge is 0.310 e. The summed E-state index contributed by atoms with van der Waals surface area (Å²) in [6, 6.07) is 4.06. The summed E-state index contributed by atoms with van der Waals surface area (Å²) in [5, 5.41) is 5.07. The minimum absolute atomic E-state index is 0.0870. The fourth-order valence-corrected chi connectivity index (χ4v) is 2.32. The second kappa shape index (κ2) is 7.39. The monoisotopic (exact) mass is 317 g/mol. The van der Waals surface area contributed by atoms with Crippen LogP contribution >= 0.6 is 0 Å². The molecule has 0 saturated heterocycles. The zero-order valence-corrected chi connectivity index (χ0v) is 13.0. The first-order valence-corrected chi connectivity index (χ1v) is 7.70. The molecule has 0 spiro atoms. The number of sulfonamides is 1. The minimum atomic E-state index is -3.85. The van der Waals surface area contributed by atoms with Gasteiger partial charge in [-0.3, -0.25) is 4.79 Å². The molecule has 0 radical (unpaired) electrons. The van der Waals surface area contributed by atoms with E-state index in [9.17, 15) is 13.2 Å². The van der Waals surface area contributed by atoms with Gasteiger partial charge in [-0.05, 0) is 25.1 Å². The molecule has 1 unspecified atom stereocenters. The van der Waals surface area contributed by atoms with Gasteiger partial charge >= 0.3 is 5.97 Å². The molecule has 7 nitrogen and oxygen atoms in total. The summed E-state index contributed by atoms with van der Waals surface area (Å²) in [7, 11) is -0.918. The van der Waals surface area contributed by atoms with Crippen molar-refractivity contribution < 1.29 is 27.4 Å². The average Bonchev–Trinajstić information content (AvgIpc) is 2.37. The van der Waals surface area contributed by atoms with Gasteiger partial charge in [-0.15, -0.1) is 0 Å². The molecule has 0 bridgehead atoms. The molecule has 2 N–H and O–H groups in total. The second-order valence-corrected chi connectivity index (χ2v) is 6.01. The third-order valence-electron chi connectivity index (χ3n) is 2.65. The number of rotatable bonds is 7. The van der Waals surface area contributed by atoms with Gasteiger partial charge in [-0.2, -0.15) is 0 Å². The summed E-state index contributed by atoms with van der Waals surface area (Å²) in [5.74, 6) is -0.122. The number of ether oxygens (including phenoxy) is 3. The first-order chi connectivity index (χ1) is 9.77. The Hall–Kier alpha value is -1.64. The van der Waals surface area contributed by atoms with Crippen LogP contribution in [0, 0.1) is 0 Å². The van der Waals surface area contributed by atoms with Gasteiger partial charge in [0, 0.05) is 12.7 Å². The van der Waals surface area contributed by atoms with Crippen LogP contribution in [0.15, 0.2) is 23.1 Å². The number of benzene rings is 1. The van der Waals surface area contributed by atoms with Crippen LogP contribution in [0.5, 0.6) is 5.75 Å². The third-order valence-corrected chi connectivity index (χ3v) is 3.56. The molecule has 21 heavy (non-hydrogen) atoms. The summed E-state index contributed by atoms with van der Waals surface area (Å²) in [6.45, 7) is 1.97. The largest absolute Gasteiger partial charge is 0.496 e. The van der Waals surface area contributed by atoms with Crippen LogP contribution in [0.3, 0.4) is 0 Å². The van der Waals surface area contributed by atoms with E-state index in [4.69, 9.17) is 19.3 Å². The van der Waals surface area contributed by atoms with E-state index >= 15 is 0 Å². The number of methoxy groups -OCH3 is 2. The maximum absolute atomic E-state index is 11.8. The van der Waals surface area contributed by atoms with Crippen molar-refractivity contribution in [2.24, 2.45) is 5.14 Å². The zero-order valence-electron chi connectivity index (χ0n) is 12.2. The fraction of sp³-hybridized carbons (Fsp3) is 0.462. The molecular weight excluding hydrogens is 298 g/mol. The summed E-state index contributed by atoms with van der Waals surface area (Å²) < 4.78 is 37.8. The Morgan fingerprint density at radius 2 is 2.00 bits per heavy atom. The summed E-state index contributed by atoms with van der Waals surface area (Å²) in [5.41, 5.74) is 0.388. The normalized spacial score (nSPS) is 12.8. The highest BCUT2D eigenvalue weighted by molar-refractivity contribution is 7.89. The van der Waals surface area contributed by atoms with Gasteiger partial charge in [0.1, 0.15) is 11.9 Å². The predicted octanol–water partition coefficient (Wildman–Crippen LogP) is 0.463. The lowest BCUT2D eigenvalue weighted by Crippen LogP contribution is -2.21. The van der Waals surface area contributed by atoms with Crippen molar-refractivity contribution in [1.29, 1.82) is 0 Å². The zero-order chi connectivity index (χ0) is 16.0. The van der Waals surface area contributed by atoms with Crippen LogP contribution < -0.4 is 9.88 Å². The average molecular weight is 317 g/mol. The molecule has 1 rings (SSSR count). The van der Waals surface area contributed by atoms with Crippen LogP contribution in [0.2, 0.25) is 0 Å². The molecule has 1 atom stereocenters. The predicted molar refractivity (Wildman–Crippen MR) is 75.5 cm³/mol. The van der Waals surface area contributed by atoms with Crippen molar-refractivity contribution in [2.45, 2.75) is 24.3 Å². The Kier molecular flexibility index (Phi) is 6.13. The van der Waals surface area contributed by atoms with Crippen molar-refractivity contribution in [1.82, 2.24) is 0 Å². The van der Waals surface area contributed by atoms with Crippen molar-refractivity contribution >= 4 is 16.0 Å². The lowest BCUT2D eigenvalue weighted by atomic mass is 10.1. The van der Waals surface area contributed by atoms with E-state index in [2.05, 4.69) is 0 Å². The molecule has 0 saturated carbocycles. The Balaban J connectivity index is 2.93. The molecule has 118 valence electrons. The highest BCUT2D eigenvalue weighted by Gasteiger charge is 2.16. The molecular formula is C13H19NO6S. The van der Waals surface area contributed by atoms with Gasteiger partial charge in [-0.25, -0.2) is 13.6 Å². The molecule has 0 aliphatic rings. The lowest BCUT2D eigenvalue weighted by molar-refractivity contribution is -0.149. The van der Waals surface area contributed by atoms with Crippen molar-refractivity contribution in [3.05, 3.63) is 23.8 Å². The number of hydrogen-bond donors (Lipinski definition) is 1. The van der Waals surface area contributed by atoms with Crippen LogP contribution in [0.4, 0.5) is 0 Å². The van der Waals surface area contributed by atoms with Crippen molar-refractivity contribution in [3.63, 3.8) is 0 Å². The molecule has 1 aromatic carbocycles. The van der Waals surface area contributed by atoms with Crippen molar-refractivity contribution in [2.75, 3.05) is 20.8 Å². The highest BCUT2D eigenvalue weighted by Crippen LogP contribution is 2.22. The summed E-state index contributed by atoms with van der Waals surface area (Å²) >= 11 is 0. The SMILES string of the molecule is COCC(C)OC(=O)Cc1cc(S(N)(=O)=O)ccc1OC. The first-order valence-electron chi connectivity index (χ1n) is 6.16. The Bertz CT molecular complexity index is 599. The quantitative estimate of drug-likeness (QED) is 0.733. The van der Waals surface area contributed by atoms with E-state index in [1.807, 2.05) is 0 Å². The van der Waals surface area contributed by atoms with Crippen molar-refractivity contribution in [3.8, 4) is 5.75 Å². The molecule has 1 aromatic rings. The number of hydrogen-bond acceptors (Lipinski definition) is 6. The van der Waals surface area contributed by atoms with Gasteiger partial charge < -0.3 is 14.2 Å². The molecule has 8 heteroatoms. The Morgan fingerprint density at radius 3 is 2.52 bits per heavy atom. The summed E-state index contributed by atoms with van der Waals surface area (Å²) in [4.78, 5) is 11.7. The van der Waals surface area contributed by atoms with Gasteiger partial charge in [0.15, 0.2) is 0 Å².